The molecule has 2 aromatic carbocycles. The Labute approximate surface area is 146 Å². The normalized spacial score (nSPS) is 11.0. The highest BCUT2D eigenvalue weighted by Gasteiger charge is 2.09. The predicted molar refractivity (Wildman–Crippen MR) is 92.5 cm³/mol. The number of hydrogen-bond acceptors (Lipinski definition) is 5. The lowest BCUT2D eigenvalue weighted by molar-refractivity contribution is -0.136. The smallest absolute Gasteiger partial charge is 0.331 e. The van der Waals surface area contributed by atoms with Gasteiger partial charge in [-0.3, -0.25) is 4.79 Å². The third kappa shape index (κ3) is 3.97. The molecular formula is C18H12BrNO4. The van der Waals surface area contributed by atoms with Crippen LogP contribution in [0.5, 0.6) is 0 Å². The molecule has 0 aliphatic heterocycles. The van der Waals surface area contributed by atoms with Gasteiger partial charge in [-0.1, -0.05) is 40.2 Å². The van der Waals surface area contributed by atoms with E-state index >= 15 is 0 Å². The SMILES string of the molecule is O=C(/C=C/c1nc2ccccc2o1)OCC(=O)c1cccc(Br)c1. The molecule has 0 aliphatic carbocycles. The number of nitrogens with zero attached hydrogens (tertiary/aromatic N) is 1. The van der Waals surface area contributed by atoms with E-state index in [1.165, 1.54) is 12.2 Å². The van der Waals surface area contributed by atoms with Gasteiger partial charge >= 0.3 is 5.97 Å². The lowest BCUT2D eigenvalue weighted by Gasteiger charge is -2.02. The topological polar surface area (TPSA) is 69.4 Å². The fourth-order valence-corrected chi connectivity index (χ4v) is 2.43. The molecular weight excluding hydrogens is 374 g/mol. The standard InChI is InChI=1S/C18H12BrNO4/c19-13-5-3-4-12(10-13)15(21)11-23-18(22)9-8-17-20-14-6-1-2-7-16(14)24-17/h1-10H,11H2/b9-8+. The molecule has 0 aliphatic rings. The Morgan fingerprint density at radius 1 is 1.17 bits per heavy atom. The van der Waals surface area contributed by atoms with Gasteiger partial charge in [0.15, 0.2) is 18.0 Å². The number of carbonyl (C=O) groups excluding carboxylic acids is 2. The van der Waals surface area contributed by atoms with Crippen molar-refractivity contribution in [2.75, 3.05) is 6.61 Å². The highest BCUT2D eigenvalue weighted by Crippen LogP contribution is 2.15. The first-order valence-electron chi connectivity index (χ1n) is 7.11. The van der Waals surface area contributed by atoms with E-state index in [1.54, 1.807) is 24.3 Å². The number of para-hydroxylation sites is 2. The van der Waals surface area contributed by atoms with Crippen LogP contribution in [0.4, 0.5) is 0 Å². The quantitative estimate of drug-likeness (QED) is 0.376. The van der Waals surface area contributed by atoms with E-state index < -0.39 is 5.97 Å². The van der Waals surface area contributed by atoms with Crippen LogP contribution in [0.2, 0.25) is 0 Å². The molecule has 0 radical (unpaired) electrons. The van der Waals surface area contributed by atoms with Crippen LogP contribution in [0.25, 0.3) is 17.2 Å². The first-order chi connectivity index (χ1) is 11.6. The summed E-state index contributed by atoms with van der Waals surface area (Å²) in [5.74, 6) is -0.619. The molecule has 3 aromatic rings. The first-order valence-corrected chi connectivity index (χ1v) is 7.90. The summed E-state index contributed by atoms with van der Waals surface area (Å²) in [4.78, 5) is 27.8. The van der Waals surface area contributed by atoms with Crippen LogP contribution < -0.4 is 0 Å². The Balaban J connectivity index is 1.58. The number of Topliss-reactive ketones (excluding diaryl/α,β-unsaturated/α-hetero) is 1. The summed E-state index contributed by atoms with van der Waals surface area (Å²) in [5.41, 5.74) is 1.81. The van der Waals surface area contributed by atoms with Gasteiger partial charge in [-0.05, 0) is 24.3 Å². The Hall–Kier alpha value is -2.73. The number of fused-ring (bicyclic) bond motifs is 1. The van der Waals surface area contributed by atoms with Gasteiger partial charge in [0.05, 0.1) is 0 Å². The van der Waals surface area contributed by atoms with Crippen LogP contribution in [0, 0.1) is 0 Å². The van der Waals surface area contributed by atoms with Crippen LogP contribution in [-0.2, 0) is 9.53 Å². The fourth-order valence-electron chi connectivity index (χ4n) is 2.03. The zero-order chi connectivity index (χ0) is 16.9. The maximum absolute atomic E-state index is 11.9. The van der Waals surface area contributed by atoms with Crippen molar-refractivity contribution in [2.45, 2.75) is 0 Å². The van der Waals surface area contributed by atoms with Gasteiger partial charge in [-0.25, -0.2) is 9.78 Å². The number of hydrogen-bond donors (Lipinski definition) is 0. The molecule has 0 atom stereocenters. The van der Waals surface area contributed by atoms with Crippen LogP contribution in [-0.4, -0.2) is 23.3 Å². The second kappa shape index (κ2) is 7.23. The summed E-state index contributed by atoms with van der Waals surface area (Å²) in [6.07, 6.45) is 2.59. The van der Waals surface area contributed by atoms with Gasteiger partial charge < -0.3 is 9.15 Å². The molecule has 0 unspecified atom stereocenters. The van der Waals surface area contributed by atoms with Gasteiger partial charge in [0, 0.05) is 22.2 Å². The molecule has 0 saturated heterocycles. The van der Waals surface area contributed by atoms with E-state index in [-0.39, 0.29) is 12.4 Å². The van der Waals surface area contributed by atoms with Crippen molar-refractivity contribution in [3.63, 3.8) is 0 Å². The molecule has 0 N–H and O–H groups in total. The number of ether oxygens (including phenoxy) is 1. The molecule has 0 fully saturated rings. The van der Waals surface area contributed by atoms with Crippen molar-refractivity contribution < 1.29 is 18.7 Å². The third-order valence-electron chi connectivity index (χ3n) is 3.16. The number of benzene rings is 2. The van der Waals surface area contributed by atoms with Crippen molar-refractivity contribution in [3.05, 3.63) is 70.5 Å². The molecule has 1 aromatic heterocycles. The molecule has 0 spiro atoms. The molecule has 1 heterocycles. The summed E-state index contributed by atoms with van der Waals surface area (Å²) >= 11 is 3.29. The first kappa shape index (κ1) is 16.1. The van der Waals surface area contributed by atoms with E-state index in [2.05, 4.69) is 20.9 Å². The largest absolute Gasteiger partial charge is 0.454 e. The number of oxazole rings is 1. The van der Waals surface area contributed by atoms with E-state index in [9.17, 15) is 9.59 Å². The van der Waals surface area contributed by atoms with Crippen molar-refractivity contribution in [2.24, 2.45) is 0 Å². The van der Waals surface area contributed by atoms with E-state index in [4.69, 9.17) is 9.15 Å². The number of rotatable bonds is 5. The second-order valence-corrected chi connectivity index (χ2v) is 5.81. The molecule has 0 saturated carbocycles. The fraction of sp³-hybridized carbons (Fsp3) is 0.0556. The predicted octanol–water partition coefficient (Wildman–Crippen LogP) is 4.03. The number of carbonyl (C=O) groups is 2. The van der Waals surface area contributed by atoms with E-state index in [0.717, 1.165) is 4.47 Å². The molecule has 6 heteroatoms. The number of halogens is 1. The van der Waals surface area contributed by atoms with Crippen molar-refractivity contribution >= 4 is 44.9 Å². The summed E-state index contributed by atoms with van der Waals surface area (Å²) in [5, 5.41) is 0. The van der Waals surface area contributed by atoms with Gasteiger partial charge in [0.1, 0.15) is 5.52 Å². The van der Waals surface area contributed by atoms with E-state index in [0.29, 0.717) is 22.6 Å². The molecule has 120 valence electrons. The third-order valence-corrected chi connectivity index (χ3v) is 3.66. The molecule has 24 heavy (non-hydrogen) atoms. The Morgan fingerprint density at radius 2 is 2.00 bits per heavy atom. The minimum absolute atomic E-state index is 0.278. The monoisotopic (exact) mass is 385 g/mol. The Kier molecular flexibility index (Phi) is 4.86. The molecule has 0 bridgehead atoms. The van der Waals surface area contributed by atoms with Gasteiger partial charge in [0.2, 0.25) is 5.89 Å². The molecule has 5 nitrogen and oxygen atoms in total. The van der Waals surface area contributed by atoms with Crippen molar-refractivity contribution in [3.8, 4) is 0 Å². The minimum atomic E-state index is -0.638. The maximum Gasteiger partial charge on any atom is 0.331 e. The molecule has 3 rings (SSSR count). The summed E-state index contributed by atoms with van der Waals surface area (Å²) < 4.78 is 11.2. The highest BCUT2D eigenvalue weighted by atomic mass is 79.9. The van der Waals surface area contributed by atoms with Gasteiger partial charge in [-0.2, -0.15) is 0 Å². The maximum atomic E-state index is 11.9. The van der Waals surface area contributed by atoms with Gasteiger partial charge in [0.25, 0.3) is 0 Å². The average molecular weight is 386 g/mol. The Morgan fingerprint density at radius 3 is 2.79 bits per heavy atom. The summed E-state index contributed by atoms with van der Waals surface area (Å²) in [6.45, 7) is -0.326. The van der Waals surface area contributed by atoms with Crippen LogP contribution in [0.3, 0.4) is 0 Å². The van der Waals surface area contributed by atoms with Crippen LogP contribution >= 0.6 is 15.9 Å². The number of ketones is 1. The number of esters is 1. The number of aromatic nitrogens is 1. The van der Waals surface area contributed by atoms with Gasteiger partial charge in [-0.15, -0.1) is 0 Å². The minimum Gasteiger partial charge on any atom is -0.454 e. The zero-order valence-electron chi connectivity index (χ0n) is 12.4. The lowest BCUT2D eigenvalue weighted by Crippen LogP contribution is -2.12. The van der Waals surface area contributed by atoms with E-state index in [1.807, 2.05) is 24.3 Å². The van der Waals surface area contributed by atoms with Crippen molar-refractivity contribution in [1.82, 2.24) is 4.98 Å². The van der Waals surface area contributed by atoms with Crippen molar-refractivity contribution in [1.29, 1.82) is 0 Å². The average Bonchev–Trinajstić information content (AvgIpc) is 3.00. The Bertz CT molecular complexity index is 896. The highest BCUT2D eigenvalue weighted by molar-refractivity contribution is 9.10. The molecule has 0 amide bonds. The summed E-state index contributed by atoms with van der Waals surface area (Å²) in [7, 11) is 0. The van der Waals surface area contributed by atoms with Crippen LogP contribution in [0.15, 0.2) is 63.5 Å². The zero-order valence-corrected chi connectivity index (χ0v) is 14.0. The lowest BCUT2D eigenvalue weighted by atomic mass is 10.1. The second-order valence-electron chi connectivity index (χ2n) is 4.89. The summed E-state index contributed by atoms with van der Waals surface area (Å²) in [6, 6.07) is 14.2. The van der Waals surface area contributed by atoms with Crippen LogP contribution in [0.1, 0.15) is 16.2 Å².